The van der Waals surface area contributed by atoms with Gasteiger partial charge >= 0.3 is 5.97 Å². The van der Waals surface area contributed by atoms with Crippen LogP contribution in [0.5, 0.6) is 0 Å². The molecule has 0 unspecified atom stereocenters. The van der Waals surface area contributed by atoms with Crippen LogP contribution >= 0.6 is 11.8 Å². The number of nitrogen functional groups attached to an aromatic ring is 1. The number of hydrogen-bond donors (Lipinski definition) is 1. The average Bonchev–Trinajstić information content (AvgIpc) is 2.46. The van der Waals surface area contributed by atoms with E-state index in [9.17, 15) is 4.79 Å². The van der Waals surface area contributed by atoms with Gasteiger partial charge in [-0.3, -0.25) is 0 Å². The first-order valence-corrected chi connectivity index (χ1v) is 6.69. The molecule has 0 saturated heterocycles. The van der Waals surface area contributed by atoms with Crippen LogP contribution in [0.3, 0.4) is 0 Å². The fourth-order valence-electron chi connectivity index (χ4n) is 1.49. The van der Waals surface area contributed by atoms with Crippen LogP contribution in [-0.4, -0.2) is 18.1 Å². The van der Waals surface area contributed by atoms with Gasteiger partial charge in [-0.1, -0.05) is 12.1 Å². The highest BCUT2D eigenvalue weighted by Crippen LogP contribution is 2.21. The Morgan fingerprint density at radius 3 is 2.58 bits per heavy atom. The molecule has 0 fully saturated rings. The Bertz CT molecular complexity index is 553. The van der Waals surface area contributed by atoms with Crippen LogP contribution in [0.25, 0.3) is 0 Å². The van der Waals surface area contributed by atoms with Gasteiger partial charge in [-0.05, 0) is 29.8 Å². The predicted molar refractivity (Wildman–Crippen MR) is 76.0 cm³/mol. The van der Waals surface area contributed by atoms with Gasteiger partial charge in [0.1, 0.15) is 0 Å². The number of anilines is 1. The van der Waals surface area contributed by atoms with Crippen LogP contribution in [-0.2, 0) is 10.5 Å². The number of carbonyl (C=O) groups excluding carboxylic acids is 1. The van der Waals surface area contributed by atoms with E-state index in [1.54, 1.807) is 30.1 Å². The van der Waals surface area contributed by atoms with Crippen molar-refractivity contribution in [3.8, 4) is 0 Å². The molecule has 2 rings (SSSR count). The number of aromatic nitrogens is 1. The Kier molecular flexibility index (Phi) is 4.41. The second-order valence-electron chi connectivity index (χ2n) is 3.91. The van der Waals surface area contributed by atoms with Gasteiger partial charge < -0.3 is 10.5 Å². The number of rotatable bonds is 4. The number of esters is 1. The van der Waals surface area contributed by atoms with Crippen LogP contribution in [0, 0.1) is 0 Å². The molecule has 0 aliphatic rings. The number of nitrogens with zero attached hydrogens (tertiary/aromatic N) is 1. The van der Waals surface area contributed by atoms with E-state index < -0.39 is 0 Å². The number of carbonyl (C=O) groups is 1. The van der Waals surface area contributed by atoms with E-state index in [0.717, 1.165) is 16.3 Å². The maximum Gasteiger partial charge on any atom is 0.337 e. The topological polar surface area (TPSA) is 65.2 Å². The maximum atomic E-state index is 11.3. The number of methoxy groups -OCH3 is 1. The normalized spacial score (nSPS) is 10.2. The monoisotopic (exact) mass is 274 g/mol. The summed E-state index contributed by atoms with van der Waals surface area (Å²) >= 11 is 1.62. The van der Waals surface area contributed by atoms with E-state index >= 15 is 0 Å². The number of benzene rings is 1. The summed E-state index contributed by atoms with van der Waals surface area (Å²) in [5, 5.41) is 0.922. The van der Waals surface area contributed by atoms with E-state index in [1.807, 2.05) is 24.3 Å². The highest BCUT2D eigenvalue weighted by Gasteiger charge is 2.04. The Hall–Kier alpha value is -2.01. The zero-order valence-electron chi connectivity index (χ0n) is 10.5. The molecule has 1 heterocycles. The van der Waals surface area contributed by atoms with Crippen LogP contribution in [0.15, 0.2) is 47.6 Å². The summed E-state index contributed by atoms with van der Waals surface area (Å²) in [6.07, 6.45) is 1.64. The zero-order valence-corrected chi connectivity index (χ0v) is 11.3. The Morgan fingerprint density at radius 2 is 2.00 bits per heavy atom. The molecule has 0 aliphatic heterocycles. The van der Waals surface area contributed by atoms with Gasteiger partial charge in [0.15, 0.2) is 0 Å². The molecule has 2 N–H and O–H groups in total. The molecule has 19 heavy (non-hydrogen) atoms. The highest BCUT2D eigenvalue weighted by atomic mass is 32.2. The number of nitrogens with two attached hydrogens (primary N) is 1. The molecule has 0 spiro atoms. The van der Waals surface area contributed by atoms with Gasteiger partial charge in [0.25, 0.3) is 0 Å². The summed E-state index contributed by atoms with van der Waals surface area (Å²) in [7, 11) is 1.37. The fraction of sp³-hybridized carbons (Fsp3) is 0.143. The van der Waals surface area contributed by atoms with Gasteiger partial charge in [0.2, 0.25) is 0 Å². The SMILES string of the molecule is COC(=O)c1ccc(CSc2ccc(N)cn2)cc1. The first-order chi connectivity index (χ1) is 9.19. The lowest BCUT2D eigenvalue weighted by Crippen LogP contribution is -2.00. The van der Waals surface area contributed by atoms with Gasteiger partial charge in [-0.2, -0.15) is 0 Å². The van der Waals surface area contributed by atoms with Crippen molar-refractivity contribution in [2.24, 2.45) is 0 Å². The van der Waals surface area contributed by atoms with E-state index in [-0.39, 0.29) is 5.97 Å². The molecule has 0 aliphatic carbocycles. The summed E-state index contributed by atoms with van der Waals surface area (Å²) in [4.78, 5) is 15.5. The third-order valence-electron chi connectivity index (χ3n) is 2.52. The molecule has 0 bridgehead atoms. The minimum Gasteiger partial charge on any atom is -0.465 e. The van der Waals surface area contributed by atoms with Crippen molar-refractivity contribution in [3.63, 3.8) is 0 Å². The molecule has 2 aromatic rings. The summed E-state index contributed by atoms with van der Waals surface area (Å²) in [5.41, 5.74) is 7.91. The lowest BCUT2D eigenvalue weighted by molar-refractivity contribution is 0.0600. The second-order valence-corrected chi connectivity index (χ2v) is 4.90. The van der Waals surface area contributed by atoms with Crippen molar-refractivity contribution in [2.75, 3.05) is 12.8 Å². The molecule has 4 nitrogen and oxygen atoms in total. The molecule has 5 heteroatoms. The molecule has 0 saturated carbocycles. The number of pyridine rings is 1. The first-order valence-electron chi connectivity index (χ1n) is 5.70. The third kappa shape index (κ3) is 3.72. The molecule has 0 amide bonds. The van der Waals surface area contributed by atoms with Crippen LogP contribution in [0.1, 0.15) is 15.9 Å². The molecule has 1 aromatic carbocycles. The van der Waals surface area contributed by atoms with Crippen molar-refractivity contribution >= 4 is 23.4 Å². The third-order valence-corrected chi connectivity index (χ3v) is 3.54. The van der Waals surface area contributed by atoms with Gasteiger partial charge in [0.05, 0.1) is 29.6 Å². The molecule has 1 aromatic heterocycles. The summed E-state index contributed by atoms with van der Waals surface area (Å²) in [6, 6.07) is 11.1. The molecule has 98 valence electrons. The molecular formula is C14H14N2O2S. The quantitative estimate of drug-likeness (QED) is 0.686. The highest BCUT2D eigenvalue weighted by molar-refractivity contribution is 7.98. The summed E-state index contributed by atoms with van der Waals surface area (Å²) in [6.45, 7) is 0. The van der Waals surface area contributed by atoms with Crippen molar-refractivity contribution in [3.05, 3.63) is 53.7 Å². The van der Waals surface area contributed by atoms with Gasteiger partial charge in [-0.15, -0.1) is 11.8 Å². The van der Waals surface area contributed by atoms with E-state index in [0.29, 0.717) is 11.3 Å². The molecule has 0 atom stereocenters. The van der Waals surface area contributed by atoms with Crippen molar-refractivity contribution in [2.45, 2.75) is 10.8 Å². The fourth-order valence-corrected chi connectivity index (χ4v) is 2.29. The first kappa shape index (κ1) is 13.4. The van der Waals surface area contributed by atoms with Crippen LogP contribution in [0.4, 0.5) is 5.69 Å². The predicted octanol–water partition coefficient (Wildman–Crippen LogP) is 2.74. The Morgan fingerprint density at radius 1 is 1.26 bits per heavy atom. The second kappa shape index (κ2) is 6.24. The average molecular weight is 274 g/mol. The summed E-state index contributed by atoms with van der Waals surface area (Å²) in [5.74, 6) is 0.470. The summed E-state index contributed by atoms with van der Waals surface area (Å²) < 4.78 is 4.65. The molecular weight excluding hydrogens is 260 g/mol. The Labute approximate surface area is 116 Å². The minimum absolute atomic E-state index is 0.320. The largest absolute Gasteiger partial charge is 0.465 e. The van der Waals surface area contributed by atoms with Crippen LogP contribution in [0.2, 0.25) is 0 Å². The lowest BCUT2D eigenvalue weighted by atomic mass is 10.1. The zero-order chi connectivity index (χ0) is 13.7. The standard InChI is InChI=1S/C14H14N2O2S/c1-18-14(17)11-4-2-10(3-5-11)9-19-13-7-6-12(15)8-16-13/h2-8H,9,15H2,1H3. The lowest BCUT2D eigenvalue weighted by Gasteiger charge is -2.03. The number of ether oxygens (including phenoxy) is 1. The number of thioether (sulfide) groups is 1. The van der Waals surface area contributed by atoms with Crippen LogP contribution < -0.4 is 5.73 Å². The van der Waals surface area contributed by atoms with E-state index in [4.69, 9.17) is 5.73 Å². The van der Waals surface area contributed by atoms with Gasteiger partial charge in [0, 0.05) is 5.75 Å². The van der Waals surface area contributed by atoms with Crippen molar-refractivity contribution < 1.29 is 9.53 Å². The minimum atomic E-state index is -0.320. The smallest absolute Gasteiger partial charge is 0.337 e. The number of hydrogen-bond acceptors (Lipinski definition) is 5. The molecule has 0 radical (unpaired) electrons. The van der Waals surface area contributed by atoms with Crippen molar-refractivity contribution in [1.29, 1.82) is 0 Å². The van der Waals surface area contributed by atoms with E-state index in [2.05, 4.69) is 9.72 Å². The van der Waals surface area contributed by atoms with E-state index in [1.165, 1.54) is 7.11 Å². The maximum absolute atomic E-state index is 11.3. The van der Waals surface area contributed by atoms with Crippen molar-refractivity contribution in [1.82, 2.24) is 4.98 Å². The Balaban J connectivity index is 1.96. The van der Waals surface area contributed by atoms with Gasteiger partial charge in [-0.25, -0.2) is 9.78 Å².